The van der Waals surface area contributed by atoms with Crippen LogP contribution in [0.4, 0.5) is 27.9 Å². The minimum absolute atomic E-state index is 0.0256. The SMILES string of the molecule is Nc1nc2c(-c3ccc(C(F)(F)C(F)(F)F)cc3)cccn2n1. The number of anilines is 1. The molecule has 0 fully saturated rings. The van der Waals surface area contributed by atoms with Gasteiger partial charge in [-0.2, -0.15) is 26.9 Å². The van der Waals surface area contributed by atoms with E-state index in [0.29, 0.717) is 16.8 Å². The predicted octanol–water partition coefficient (Wildman–Crippen LogP) is 3.63. The fourth-order valence-corrected chi connectivity index (χ4v) is 2.17. The third-order valence-corrected chi connectivity index (χ3v) is 3.29. The van der Waals surface area contributed by atoms with E-state index in [1.165, 1.54) is 16.6 Å². The van der Waals surface area contributed by atoms with Gasteiger partial charge in [-0.1, -0.05) is 24.3 Å². The van der Waals surface area contributed by atoms with Crippen LogP contribution in [0.3, 0.4) is 0 Å². The summed E-state index contributed by atoms with van der Waals surface area (Å²) in [5.41, 5.74) is 5.68. The van der Waals surface area contributed by atoms with Gasteiger partial charge >= 0.3 is 12.1 Å². The third-order valence-electron chi connectivity index (χ3n) is 3.29. The van der Waals surface area contributed by atoms with E-state index >= 15 is 0 Å². The van der Waals surface area contributed by atoms with Crippen molar-refractivity contribution in [1.29, 1.82) is 0 Å². The Balaban J connectivity index is 2.05. The quantitative estimate of drug-likeness (QED) is 0.731. The van der Waals surface area contributed by atoms with Gasteiger partial charge in [-0.05, 0) is 17.7 Å². The van der Waals surface area contributed by atoms with Crippen LogP contribution >= 0.6 is 0 Å². The molecule has 0 saturated carbocycles. The molecule has 0 amide bonds. The summed E-state index contributed by atoms with van der Waals surface area (Å²) in [6, 6.07) is 7.11. The van der Waals surface area contributed by atoms with Gasteiger partial charge in [0.25, 0.3) is 0 Å². The number of hydrogen-bond donors (Lipinski definition) is 1. The normalized spacial score (nSPS) is 12.7. The highest BCUT2D eigenvalue weighted by molar-refractivity contribution is 5.77. The Kier molecular flexibility index (Phi) is 3.24. The van der Waals surface area contributed by atoms with Crippen molar-refractivity contribution in [3.63, 3.8) is 0 Å². The van der Waals surface area contributed by atoms with E-state index in [4.69, 9.17) is 5.73 Å². The Hall–Kier alpha value is -2.71. The molecule has 2 heterocycles. The highest BCUT2D eigenvalue weighted by Gasteiger charge is 2.58. The minimum atomic E-state index is -5.64. The third kappa shape index (κ3) is 2.47. The van der Waals surface area contributed by atoms with Crippen LogP contribution in [-0.2, 0) is 5.92 Å². The van der Waals surface area contributed by atoms with Gasteiger partial charge in [-0.15, -0.1) is 5.10 Å². The molecule has 0 atom stereocenters. The van der Waals surface area contributed by atoms with E-state index in [1.54, 1.807) is 18.3 Å². The largest absolute Gasteiger partial charge is 0.458 e. The van der Waals surface area contributed by atoms with Crippen molar-refractivity contribution in [2.45, 2.75) is 12.1 Å². The van der Waals surface area contributed by atoms with Gasteiger partial charge in [0.05, 0.1) is 0 Å². The topological polar surface area (TPSA) is 56.2 Å². The van der Waals surface area contributed by atoms with Gasteiger partial charge in [0.2, 0.25) is 5.95 Å². The van der Waals surface area contributed by atoms with Gasteiger partial charge in [-0.25, -0.2) is 4.52 Å². The van der Waals surface area contributed by atoms with Gasteiger partial charge in [0, 0.05) is 17.3 Å². The first-order valence-electron chi connectivity index (χ1n) is 6.36. The van der Waals surface area contributed by atoms with Crippen molar-refractivity contribution < 1.29 is 22.0 Å². The fraction of sp³-hybridized carbons (Fsp3) is 0.143. The second kappa shape index (κ2) is 4.90. The van der Waals surface area contributed by atoms with Crippen LogP contribution in [0.1, 0.15) is 5.56 Å². The Morgan fingerprint density at radius 3 is 2.22 bits per heavy atom. The van der Waals surface area contributed by atoms with Crippen LogP contribution in [-0.4, -0.2) is 20.8 Å². The molecule has 1 aromatic carbocycles. The number of rotatable bonds is 2. The van der Waals surface area contributed by atoms with Gasteiger partial charge in [0.1, 0.15) is 0 Å². The molecule has 0 aliphatic rings. The number of halogens is 5. The summed E-state index contributed by atoms with van der Waals surface area (Å²) in [6.07, 6.45) is -4.05. The number of alkyl halides is 5. The Bertz CT molecular complexity index is 852. The van der Waals surface area contributed by atoms with Crippen LogP contribution in [0.2, 0.25) is 0 Å². The number of nitrogens with zero attached hydrogens (tertiary/aromatic N) is 3. The first kappa shape index (κ1) is 15.2. The lowest BCUT2D eigenvalue weighted by molar-refractivity contribution is -0.289. The average Bonchev–Trinajstić information content (AvgIpc) is 2.86. The van der Waals surface area contributed by atoms with Gasteiger partial charge in [-0.3, -0.25) is 0 Å². The molecule has 0 aliphatic heterocycles. The van der Waals surface area contributed by atoms with Crippen molar-refractivity contribution in [2.24, 2.45) is 0 Å². The zero-order valence-corrected chi connectivity index (χ0v) is 11.4. The molecule has 9 heteroatoms. The molecule has 0 radical (unpaired) electrons. The maximum absolute atomic E-state index is 13.3. The molecule has 4 nitrogen and oxygen atoms in total. The molecule has 120 valence electrons. The molecule has 3 rings (SSSR count). The number of fused-ring (bicyclic) bond motifs is 1. The van der Waals surface area contributed by atoms with E-state index in [2.05, 4.69) is 10.1 Å². The standard InChI is InChI=1S/C14H9F5N4/c15-13(16,14(17,18)19)9-5-3-8(4-6-9)10-2-1-7-23-11(10)21-12(20)22-23/h1-7H,(H2,20,22). The second-order valence-corrected chi connectivity index (χ2v) is 4.81. The number of nitrogens with two attached hydrogens (primary N) is 1. The summed E-state index contributed by atoms with van der Waals surface area (Å²) >= 11 is 0. The number of nitrogen functional groups attached to an aromatic ring is 1. The van der Waals surface area contributed by atoms with Crippen LogP contribution in [0.5, 0.6) is 0 Å². The summed E-state index contributed by atoms with van der Waals surface area (Å²) in [5.74, 6) is -4.88. The Labute approximate surface area is 126 Å². The first-order chi connectivity index (χ1) is 10.7. The summed E-state index contributed by atoms with van der Waals surface area (Å²) < 4.78 is 65.1. The summed E-state index contributed by atoms with van der Waals surface area (Å²) in [7, 11) is 0. The maximum atomic E-state index is 13.3. The van der Waals surface area contributed by atoms with E-state index in [9.17, 15) is 22.0 Å². The summed E-state index contributed by atoms with van der Waals surface area (Å²) in [6.45, 7) is 0. The first-order valence-corrected chi connectivity index (χ1v) is 6.36. The summed E-state index contributed by atoms with van der Waals surface area (Å²) in [4.78, 5) is 4.00. The second-order valence-electron chi connectivity index (χ2n) is 4.81. The highest BCUT2D eigenvalue weighted by Crippen LogP contribution is 2.44. The van der Waals surface area contributed by atoms with Crippen molar-refractivity contribution in [3.8, 4) is 11.1 Å². The summed E-state index contributed by atoms with van der Waals surface area (Å²) in [5, 5.41) is 3.90. The predicted molar refractivity (Wildman–Crippen MR) is 72.8 cm³/mol. The van der Waals surface area contributed by atoms with Crippen LogP contribution in [0.15, 0.2) is 42.6 Å². The monoisotopic (exact) mass is 328 g/mol. The van der Waals surface area contributed by atoms with Crippen molar-refractivity contribution in [3.05, 3.63) is 48.2 Å². The average molecular weight is 328 g/mol. The molecule has 0 unspecified atom stereocenters. The maximum Gasteiger partial charge on any atom is 0.458 e. The minimum Gasteiger partial charge on any atom is -0.366 e. The molecule has 2 N–H and O–H groups in total. The highest BCUT2D eigenvalue weighted by atomic mass is 19.4. The number of aromatic nitrogens is 3. The van der Waals surface area contributed by atoms with Crippen molar-refractivity contribution >= 4 is 11.6 Å². The molecule has 0 saturated heterocycles. The van der Waals surface area contributed by atoms with E-state index < -0.39 is 17.7 Å². The van der Waals surface area contributed by atoms with Crippen molar-refractivity contribution in [2.75, 3.05) is 5.73 Å². The number of benzene rings is 1. The molecule has 3 aromatic rings. The van der Waals surface area contributed by atoms with E-state index in [0.717, 1.165) is 12.1 Å². The zero-order valence-electron chi connectivity index (χ0n) is 11.4. The Morgan fingerprint density at radius 2 is 1.61 bits per heavy atom. The van der Waals surface area contributed by atoms with Crippen LogP contribution in [0, 0.1) is 0 Å². The molecule has 23 heavy (non-hydrogen) atoms. The molecule has 2 aromatic heterocycles. The lowest BCUT2D eigenvalue weighted by Crippen LogP contribution is -2.33. The van der Waals surface area contributed by atoms with Crippen LogP contribution < -0.4 is 5.73 Å². The molecule has 0 spiro atoms. The van der Waals surface area contributed by atoms with Crippen molar-refractivity contribution in [1.82, 2.24) is 14.6 Å². The lowest BCUT2D eigenvalue weighted by Gasteiger charge is -2.20. The molecular weight excluding hydrogens is 319 g/mol. The lowest BCUT2D eigenvalue weighted by atomic mass is 10.0. The number of hydrogen-bond acceptors (Lipinski definition) is 3. The fourth-order valence-electron chi connectivity index (χ4n) is 2.17. The zero-order chi connectivity index (χ0) is 16.8. The molecule has 0 bridgehead atoms. The smallest absolute Gasteiger partial charge is 0.366 e. The number of pyridine rings is 1. The van der Waals surface area contributed by atoms with Gasteiger partial charge in [0.15, 0.2) is 5.65 Å². The van der Waals surface area contributed by atoms with Gasteiger partial charge < -0.3 is 5.73 Å². The van der Waals surface area contributed by atoms with E-state index in [1.807, 2.05) is 0 Å². The Morgan fingerprint density at radius 1 is 0.957 bits per heavy atom. The molecular formula is C14H9F5N4. The van der Waals surface area contributed by atoms with Crippen LogP contribution in [0.25, 0.3) is 16.8 Å². The van der Waals surface area contributed by atoms with E-state index in [-0.39, 0.29) is 5.95 Å². The molecule has 0 aliphatic carbocycles.